The van der Waals surface area contributed by atoms with Gasteiger partial charge in [-0.3, -0.25) is 0 Å². The Labute approximate surface area is 82.0 Å². The second-order valence-corrected chi connectivity index (χ2v) is 4.36. The summed E-state index contributed by atoms with van der Waals surface area (Å²) in [6, 6.07) is 6.46. The maximum absolute atomic E-state index is 12.5. The molecule has 0 aliphatic rings. The van der Waals surface area contributed by atoms with E-state index in [0.717, 1.165) is 11.3 Å². The van der Waals surface area contributed by atoms with Crippen molar-refractivity contribution >= 4 is 11.8 Å². The van der Waals surface area contributed by atoms with Gasteiger partial charge >= 0.3 is 0 Å². The summed E-state index contributed by atoms with van der Waals surface area (Å²) in [6.07, 6.45) is 0. The summed E-state index contributed by atoms with van der Waals surface area (Å²) in [5.41, 5.74) is 1.09. The van der Waals surface area contributed by atoms with Crippen molar-refractivity contribution in [2.75, 3.05) is 6.61 Å². The molecule has 0 saturated heterocycles. The first-order chi connectivity index (χ1) is 6.22. The molecule has 0 radical (unpaired) electrons. The van der Waals surface area contributed by atoms with Gasteiger partial charge in [-0.15, -0.1) is 0 Å². The number of hydrogen-bond acceptors (Lipinski definition) is 2. The fraction of sp³-hybridized carbons (Fsp3) is 0.400. The molecule has 0 bridgehead atoms. The van der Waals surface area contributed by atoms with E-state index >= 15 is 0 Å². The zero-order chi connectivity index (χ0) is 9.68. The van der Waals surface area contributed by atoms with Crippen molar-refractivity contribution in [1.29, 1.82) is 0 Å². The molecular formula is C10H13FOS. The molecule has 1 N–H and O–H groups in total. The van der Waals surface area contributed by atoms with Gasteiger partial charge in [-0.2, -0.15) is 11.8 Å². The first kappa shape index (κ1) is 10.5. The highest BCUT2D eigenvalue weighted by atomic mass is 32.2. The van der Waals surface area contributed by atoms with Crippen LogP contribution in [0.5, 0.6) is 0 Å². The van der Waals surface area contributed by atoms with E-state index < -0.39 is 0 Å². The Bertz CT molecular complexity index is 248. The number of halogens is 1. The Balaban J connectivity index is 2.41. The standard InChI is InChI=1S/C10H13FOS/c1-8(6-12)13-7-9-2-4-10(11)5-3-9/h2-5,8,12H,6-7H2,1H3. The van der Waals surface area contributed by atoms with Crippen LogP contribution < -0.4 is 0 Å². The van der Waals surface area contributed by atoms with Gasteiger partial charge in [0.2, 0.25) is 0 Å². The predicted octanol–water partition coefficient (Wildman–Crippen LogP) is 2.44. The molecule has 13 heavy (non-hydrogen) atoms. The lowest BCUT2D eigenvalue weighted by molar-refractivity contribution is 0.300. The summed E-state index contributed by atoms with van der Waals surface area (Å²) >= 11 is 1.66. The van der Waals surface area contributed by atoms with Crippen LogP contribution in [0.1, 0.15) is 12.5 Å². The second-order valence-electron chi connectivity index (χ2n) is 2.93. The minimum absolute atomic E-state index is 0.186. The summed E-state index contributed by atoms with van der Waals surface area (Å²) in [4.78, 5) is 0. The quantitative estimate of drug-likeness (QED) is 0.805. The van der Waals surface area contributed by atoms with Crippen LogP contribution in [0.2, 0.25) is 0 Å². The molecule has 0 saturated carbocycles. The van der Waals surface area contributed by atoms with Crippen molar-refractivity contribution in [3.05, 3.63) is 35.6 Å². The lowest BCUT2D eigenvalue weighted by Crippen LogP contribution is -2.02. The first-order valence-corrected chi connectivity index (χ1v) is 5.24. The van der Waals surface area contributed by atoms with Gasteiger partial charge in [0.1, 0.15) is 5.82 Å². The van der Waals surface area contributed by atoms with Gasteiger partial charge in [0.25, 0.3) is 0 Å². The minimum Gasteiger partial charge on any atom is -0.395 e. The third-order valence-corrected chi connectivity index (χ3v) is 2.92. The Kier molecular flexibility index (Phi) is 4.25. The molecule has 1 unspecified atom stereocenters. The topological polar surface area (TPSA) is 20.2 Å². The first-order valence-electron chi connectivity index (χ1n) is 4.19. The third-order valence-electron chi connectivity index (χ3n) is 1.70. The van der Waals surface area contributed by atoms with Crippen molar-refractivity contribution in [1.82, 2.24) is 0 Å². The Morgan fingerprint density at radius 3 is 2.54 bits per heavy atom. The highest BCUT2D eigenvalue weighted by molar-refractivity contribution is 7.99. The highest BCUT2D eigenvalue weighted by Crippen LogP contribution is 2.17. The maximum atomic E-state index is 12.5. The lowest BCUT2D eigenvalue weighted by Gasteiger charge is -2.06. The summed E-state index contributed by atoms with van der Waals surface area (Å²) in [5, 5.41) is 9.02. The SMILES string of the molecule is CC(CO)SCc1ccc(F)cc1. The number of aliphatic hydroxyl groups excluding tert-OH is 1. The fourth-order valence-electron chi connectivity index (χ4n) is 0.872. The van der Waals surface area contributed by atoms with Crippen LogP contribution in [0.3, 0.4) is 0 Å². The van der Waals surface area contributed by atoms with Gasteiger partial charge in [0.05, 0.1) is 6.61 Å². The van der Waals surface area contributed by atoms with E-state index in [1.165, 1.54) is 12.1 Å². The highest BCUT2D eigenvalue weighted by Gasteiger charge is 2.00. The van der Waals surface area contributed by atoms with Crippen LogP contribution in [0, 0.1) is 5.82 Å². The van der Waals surface area contributed by atoms with Crippen molar-refractivity contribution in [2.24, 2.45) is 0 Å². The summed E-state index contributed by atoms with van der Waals surface area (Å²) in [6.45, 7) is 2.15. The molecule has 1 aromatic rings. The van der Waals surface area contributed by atoms with Crippen LogP contribution in [-0.4, -0.2) is 17.0 Å². The van der Waals surface area contributed by atoms with Crippen molar-refractivity contribution < 1.29 is 9.50 Å². The molecule has 0 aliphatic carbocycles. The van der Waals surface area contributed by atoms with Gasteiger partial charge in [-0.05, 0) is 17.7 Å². The normalized spacial score (nSPS) is 12.8. The van der Waals surface area contributed by atoms with Gasteiger partial charge in [0, 0.05) is 11.0 Å². The lowest BCUT2D eigenvalue weighted by atomic mass is 10.2. The molecule has 1 nitrogen and oxygen atoms in total. The molecule has 3 heteroatoms. The van der Waals surface area contributed by atoms with Crippen molar-refractivity contribution in [3.8, 4) is 0 Å². The van der Waals surface area contributed by atoms with E-state index in [2.05, 4.69) is 0 Å². The molecule has 0 spiro atoms. The zero-order valence-corrected chi connectivity index (χ0v) is 8.35. The molecular weight excluding hydrogens is 187 g/mol. The summed E-state index contributed by atoms with van der Waals surface area (Å²) in [7, 11) is 0. The van der Waals surface area contributed by atoms with Crippen LogP contribution in [0.25, 0.3) is 0 Å². The predicted molar refractivity (Wildman–Crippen MR) is 54.2 cm³/mol. The Morgan fingerprint density at radius 1 is 1.38 bits per heavy atom. The van der Waals surface area contributed by atoms with Crippen molar-refractivity contribution in [3.63, 3.8) is 0 Å². The average molecular weight is 200 g/mol. The van der Waals surface area contributed by atoms with E-state index in [1.807, 2.05) is 6.92 Å². The molecule has 1 atom stereocenters. The van der Waals surface area contributed by atoms with Gasteiger partial charge in [-0.25, -0.2) is 4.39 Å². The van der Waals surface area contributed by atoms with E-state index in [1.54, 1.807) is 23.9 Å². The summed E-state index contributed by atoms with van der Waals surface area (Å²) in [5.74, 6) is 0.617. The number of benzene rings is 1. The van der Waals surface area contributed by atoms with E-state index in [4.69, 9.17) is 5.11 Å². The zero-order valence-electron chi connectivity index (χ0n) is 7.53. The fourth-order valence-corrected chi connectivity index (χ4v) is 1.65. The average Bonchev–Trinajstić information content (AvgIpc) is 2.16. The van der Waals surface area contributed by atoms with E-state index in [9.17, 15) is 4.39 Å². The van der Waals surface area contributed by atoms with Crippen LogP contribution >= 0.6 is 11.8 Å². The monoisotopic (exact) mass is 200 g/mol. The molecule has 0 fully saturated rings. The smallest absolute Gasteiger partial charge is 0.123 e. The second kappa shape index (κ2) is 5.25. The molecule has 0 aromatic heterocycles. The van der Waals surface area contributed by atoms with Gasteiger partial charge in [-0.1, -0.05) is 19.1 Å². The molecule has 0 aliphatic heterocycles. The summed E-state index contributed by atoms with van der Waals surface area (Å²) < 4.78 is 12.5. The van der Waals surface area contributed by atoms with Gasteiger partial charge in [0.15, 0.2) is 0 Å². The van der Waals surface area contributed by atoms with Crippen molar-refractivity contribution in [2.45, 2.75) is 17.9 Å². The molecule has 1 aromatic carbocycles. The largest absolute Gasteiger partial charge is 0.395 e. The van der Waals surface area contributed by atoms with E-state index in [-0.39, 0.29) is 17.7 Å². The number of rotatable bonds is 4. The van der Waals surface area contributed by atoms with Crippen LogP contribution in [0.15, 0.2) is 24.3 Å². The number of thioether (sulfide) groups is 1. The molecule has 0 amide bonds. The molecule has 1 rings (SSSR count). The van der Waals surface area contributed by atoms with Gasteiger partial charge < -0.3 is 5.11 Å². The number of hydrogen-bond donors (Lipinski definition) is 1. The number of aliphatic hydroxyl groups is 1. The third kappa shape index (κ3) is 3.79. The van der Waals surface area contributed by atoms with Crippen LogP contribution in [-0.2, 0) is 5.75 Å². The van der Waals surface area contributed by atoms with E-state index in [0.29, 0.717) is 0 Å². The maximum Gasteiger partial charge on any atom is 0.123 e. The molecule has 0 heterocycles. The minimum atomic E-state index is -0.205. The molecule has 72 valence electrons. The van der Waals surface area contributed by atoms with Crippen LogP contribution in [0.4, 0.5) is 4.39 Å². The Morgan fingerprint density at radius 2 is 2.00 bits per heavy atom. The Hall–Kier alpha value is -0.540.